The summed E-state index contributed by atoms with van der Waals surface area (Å²) in [6, 6.07) is 6.55. The van der Waals surface area contributed by atoms with Gasteiger partial charge in [0, 0.05) is 38.5 Å². The Kier molecular flexibility index (Phi) is 5.09. The molecular weight excluding hydrogens is 257 g/mol. The zero-order valence-corrected chi connectivity index (χ0v) is 11.9. The number of nitrogens with two attached hydrogens (primary N) is 1. The summed E-state index contributed by atoms with van der Waals surface area (Å²) in [4.78, 5) is 16.3. The maximum Gasteiger partial charge on any atom is 0.223 e. The minimum atomic E-state index is -0.283. The molecule has 1 aromatic carbocycles. The van der Waals surface area contributed by atoms with E-state index in [4.69, 9.17) is 5.73 Å². The topological polar surface area (TPSA) is 49.6 Å². The first-order valence-corrected chi connectivity index (χ1v) is 7.02. The van der Waals surface area contributed by atoms with Crippen LogP contribution in [-0.2, 0) is 4.79 Å². The van der Waals surface area contributed by atoms with Crippen molar-refractivity contribution >= 4 is 5.91 Å². The normalized spacial score (nSPS) is 18.1. The molecule has 5 heteroatoms. The van der Waals surface area contributed by atoms with E-state index in [9.17, 15) is 9.18 Å². The molecule has 0 spiro atoms. The van der Waals surface area contributed by atoms with Crippen molar-refractivity contribution < 1.29 is 9.18 Å². The molecule has 0 saturated carbocycles. The van der Waals surface area contributed by atoms with Crippen molar-refractivity contribution in [3.8, 4) is 0 Å². The second-order valence-electron chi connectivity index (χ2n) is 5.34. The molecule has 1 aromatic rings. The van der Waals surface area contributed by atoms with Crippen molar-refractivity contribution in [3.05, 3.63) is 35.6 Å². The summed E-state index contributed by atoms with van der Waals surface area (Å²) in [6.07, 6.45) is 0.279. The van der Waals surface area contributed by atoms with E-state index in [0.29, 0.717) is 5.56 Å². The third-order valence-corrected chi connectivity index (χ3v) is 3.91. The van der Waals surface area contributed by atoms with Crippen molar-refractivity contribution in [2.75, 3.05) is 39.8 Å². The van der Waals surface area contributed by atoms with E-state index in [-0.39, 0.29) is 30.6 Å². The molecule has 1 fully saturated rings. The first-order chi connectivity index (χ1) is 9.61. The van der Waals surface area contributed by atoms with Gasteiger partial charge in [0.05, 0.1) is 0 Å². The number of piperazine rings is 1. The highest BCUT2D eigenvalue weighted by molar-refractivity contribution is 5.77. The highest BCUT2D eigenvalue weighted by Gasteiger charge is 2.23. The van der Waals surface area contributed by atoms with Gasteiger partial charge in [-0.3, -0.25) is 4.79 Å². The molecule has 2 N–H and O–H groups in total. The molecule has 1 amide bonds. The van der Waals surface area contributed by atoms with Crippen LogP contribution < -0.4 is 5.73 Å². The summed E-state index contributed by atoms with van der Waals surface area (Å²) in [5.41, 5.74) is 6.27. The molecular formula is C15H22FN3O. The fourth-order valence-electron chi connectivity index (χ4n) is 2.52. The molecule has 1 unspecified atom stereocenters. The van der Waals surface area contributed by atoms with Gasteiger partial charge >= 0.3 is 0 Å². The Morgan fingerprint density at radius 2 is 1.95 bits per heavy atom. The lowest BCUT2D eigenvalue weighted by molar-refractivity contribution is -0.133. The Hall–Kier alpha value is -1.46. The Morgan fingerprint density at radius 3 is 2.55 bits per heavy atom. The van der Waals surface area contributed by atoms with E-state index in [1.165, 1.54) is 6.07 Å². The number of rotatable bonds is 4. The van der Waals surface area contributed by atoms with Crippen LogP contribution in [0.1, 0.15) is 17.9 Å². The molecule has 1 atom stereocenters. The lowest BCUT2D eigenvalue weighted by atomic mass is 9.94. The van der Waals surface area contributed by atoms with E-state index in [1.807, 2.05) is 11.9 Å². The average molecular weight is 279 g/mol. The van der Waals surface area contributed by atoms with Crippen molar-refractivity contribution in [3.63, 3.8) is 0 Å². The standard InChI is InChI=1S/C15H22FN3O/c1-18-6-8-19(9-7-18)15(20)10-12(11-17)13-4-2-3-5-14(13)16/h2-5,12H,6-11,17H2,1H3. The molecule has 20 heavy (non-hydrogen) atoms. The summed E-state index contributed by atoms with van der Waals surface area (Å²) in [6.45, 7) is 3.53. The van der Waals surface area contributed by atoms with Crippen molar-refractivity contribution in [2.24, 2.45) is 5.73 Å². The summed E-state index contributed by atoms with van der Waals surface area (Å²) in [7, 11) is 2.05. The highest BCUT2D eigenvalue weighted by Crippen LogP contribution is 2.22. The molecule has 0 aromatic heterocycles. The van der Waals surface area contributed by atoms with Gasteiger partial charge < -0.3 is 15.5 Å². The van der Waals surface area contributed by atoms with E-state index in [2.05, 4.69) is 4.90 Å². The fourth-order valence-corrected chi connectivity index (χ4v) is 2.52. The van der Waals surface area contributed by atoms with Gasteiger partial charge in [-0.15, -0.1) is 0 Å². The van der Waals surface area contributed by atoms with Crippen LogP contribution in [0.5, 0.6) is 0 Å². The molecule has 2 rings (SSSR count). The van der Waals surface area contributed by atoms with Crippen LogP contribution in [0.2, 0.25) is 0 Å². The van der Waals surface area contributed by atoms with Gasteiger partial charge in [0.1, 0.15) is 5.82 Å². The van der Waals surface area contributed by atoms with Crippen LogP contribution in [0.3, 0.4) is 0 Å². The highest BCUT2D eigenvalue weighted by atomic mass is 19.1. The third kappa shape index (κ3) is 3.55. The second kappa shape index (κ2) is 6.81. The third-order valence-electron chi connectivity index (χ3n) is 3.91. The Labute approximate surface area is 119 Å². The first kappa shape index (κ1) is 14.9. The number of carbonyl (C=O) groups is 1. The quantitative estimate of drug-likeness (QED) is 0.895. The number of halogens is 1. The van der Waals surface area contributed by atoms with Gasteiger partial charge in [-0.05, 0) is 25.2 Å². The van der Waals surface area contributed by atoms with Gasteiger partial charge in [-0.2, -0.15) is 0 Å². The van der Waals surface area contributed by atoms with Crippen LogP contribution in [0.15, 0.2) is 24.3 Å². The van der Waals surface area contributed by atoms with E-state index in [0.717, 1.165) is 26.2 Å². The van der Waals surface area contributed by atoms with Gasteiger partial charge in [-0.25, -0.2) is 4.39 Å². The molecule has 0 radical (unpaired) electrons. The molecule has 1 saturated heterocycles. The van der Waals surface area contributed by atoms with Crippen molar-refractivity contribution in [1.29, 1.82) is 0 Å². The molecule has 0 aliphatic carbocycles. The number of nitrogens with zero attached hydrogens (tertiary/aromatic N) is 2. The van der Waals surface area contributed by atoms with Gasteiger partial charge in [0.15, 0.2) is 0 Å². The second-order valence-corrected chi connectivity index (χ2v) is 5.34. The SMILES string of the molecule is CN1CCN(C(=O)CC(CN)c2ccccc2F)CC1. The summed E-state index contributed by atoms with van der Waals surface area (Å²) in [5.74, 6) is -0.464. The number of benzene rings is 1. The number of hydrogen-bond donors (Lipinski definition) is 1. The lowest BCUT2D eigenvalue weighted by Gasteiger charge is -2.33. The van der Waals surface area contributed by atoms with Crippen LogP contribution in [0.25, 0.3) is 0 Å². The average Bonchev–Trinajstić information content (AvgIpc) is 2.46. The zero-order chi connectivity index (χ0) is 14.5. The van der Waals surface area contributed by atoms with Gasteiger partial charge in [0.2, 0.25) is 5.91 Å². The molecule has 1 aliphatic rings. The van der Waals surface area contributed by atoms with E-state index >= 15 is 0 Å². The largest absolute Gasteiger partial charge is 0.340 e. The predicted molar refractivity (Wildman–Crippen MR) is 76.9 cm³/mol. The lowest BCUT2D eigenvalue weighted by Crippen LogP contribution is -2.47. The fraction of sp³-hybridized carbons (Fsp3) is 0.533. The summed E-state index contributed by atoms with van der Waals surface area (Å²) in [5, 5.41) is 0. The predicted octanol–water partition coefficient (Wildman–Crippen LogP) is 1.03. The molecule has 110 valence electrons. The van der Waals surface area contributed by atoms with Crippen LogP contribution in [0, 0.1) is 5.82 Å². The molecule has 0 bridgehead atoms. The minimum absolute atomic E-state index is 0.0665. The smallest absolute Gasteiger partial charge is 0.223 e. The van der Waals surface area contributed by atoms with Crippen molar-refractivity contribution in [2.45, 2.75) is 12.3 Å². The molecule has 1 aliphatic heterocycles. The van der Waals surface area contributed by atoms with E-state index in [1.54, 1.807) is 18.2 Å². The molecule has 4 nitrogen and oxygen atoms in total. The maximum absolute atomic E-state index is 13.8. The van der Waals surface area contributed by atoms with Crippen LogP contribution in [-0.4, -0.2) is 55.5 Å². The number of amides is 1. The van der Waals surface area contributed by atoms with E-state index < -0.39 is 0 Å². The Balaban J connectivity index is 2.00. The van der Waals surface area contributed by atoms with Crippen LogP contribution >= 0.6 is 0 Å². The van der Waals surface area contributed by atoms with Gasteiger partial charge in [0.25, 0.3) is 0 Å². The number of likely N-dealkylation sites (N-methyl/N-ethyl adjacent to an activating group) is 1. The summed E-state index contributed by atoms with van der Waals surface area (Å²) < 4.78 is 13.8. The maximum atomic E-state index is 13.8. The summed E-state index contributed by atoms with van der Waals surface area (Å²) >= 11 is 0. The van der Waals surface area contributed by atoms with Gasteiger partial charge in [-0.1, -0.05) is 18.2 Å². The Morgan fingerprint density at radius 1 is 1.30 bits per heavy atom. The van der Waals surface area contributed by atoms with Crippen LogP contribution in [0.4, 0.5) is 4.39 Å². The molecule has 1 heterocycles. The minimum Gasteiger partial charge on any atom is -0.340 e. The Bertz CT molecular complexity index is 458. The van der Waals surface area contributed by atoms with Crippen molar-refractivity contribution in [1.82, 2.24) is 9.80 Å². The monoisotopic (exact) mass is 279 g/mol. The number of hydrogen-bond acceptors (Lipinski definition) is 3. The number of carbonyl (C=O) groups excluding carboxylic acids is 1. The zero-order valence-electron chi connectivity index (χ0n) is 11.9. The first-order valence-electron chi connectivity index (χ1n) is 7.02.